The Morgan fingerprint density at radius 1 is 1.41 bits per heavy atom. The van der Waals surface area contributed by atoms with Crippen LogP contribution in [0.25, 0.3) is 0 Å². The molecule has 1 unspecified atom stereocenters. The summed E-state index contributed by atoms with van der Waals surface area (Å²) < 4.78 is 5.57. The van der Waals surface area contributed by atoms with Gasteiger partial charge >= 0.3 is 0 Å². The van der Waals surface area contributed by atoms with Gasteiger partial charge in [0.05, 0.1) is 0 Å². The number of hydrogen-bond donors (Lipinski definition) is 1. The van der Waals surface area contributed by atoms with Gasteiger partial charge in [-0.15, -0.1) is 0 Å². The van der Waals surface area contributed by atoms with Crippen LogP contribution in [0.3, 0.4) is 0 Å². The monoisotopic (exact) mass is 252 g/mol. The van der Waals surface area contributed by atoms with Crippen LogP contribution < -0.4 is 5.32 Å². The number of halogens is 1. The second-order valence-corrected chi connectivity index (χ2v) is 4.51. The zero-order chi connectivity index (χ0) is 12.1. The van der Waals surface area contributed by atoms with E-state index in [-0.39, 0.29) is 6.17 Å². The lowest BCUT2D eigenvalue weighted by Gasteiger charge is -2.05. The number of hydrogen-bond acceptors (Lipinski definition) is 3. The highest BCUT2D eigenvalue weighted by molar-refractivity contribution is 6.30. The van der Waals surface area contributed by atoms with Gasteiger partial charge in [0.25, 0.3) is 0 Å². The molecule has 0 aromatic heterocycles. The third-order valence-corrected chi connectivity index (χ3v) is 2.90. The van der Waals surface area contributed by atoms with E-state index >= 15 is 0 Å². The lowest BCUT2D eigenvalue weighted by molar-refractivity contribution is 0.298. The first-order valence-electron chi connectivity index (χ1n) is 5.99. The van der Waals surface area contributed by atoms with Gasteiger partial charge in [-0.3, -0.25) is 5.32 Å². The molecule has 1 N–H and O–H groups in total. The van der Waals surface area contributed by atoms with Crippen LogP contribution in [0.4, 0.5) is 0 Å². The average molecular weight is 253 g/mol. The predicted octanol–water partition coefficient (Wildman–Crippen LogP) is 2.83. The lowest BCUT2D eigenvalue weighted by Crippen LogP contribution is -2.29. The number of aliphatic imine (C=N–C) groups is 1. The van der Waals surface area contributed by atoms with Crippen molar-refractivity contribution in [2.24, 2.45) is 4.99 Å². The van der Waals surface area contributed by atoms with Crippen molar-refractivity contribution in [1.29, 1.82) is 0 Å². The Morgan fingerprint density at radius 2 is 2.18 bits per heavy atom. The minimum atomic E-state index is 0.0900. The first kappa shape index (κ1) is 12.4. The molecule has 0 aliphatic carbocycles. The molecule has 0 saturated heterocycles. The fourth-order valence-electron chi connectivity index (χ4n) is 1.67. The summed E-state index contributed by atoms with van der Waals surface area (Å²) in [6.07, 6.45) is 2.45. The fourth-order valence-corrected chi connectivity index (χ4v) is 1.80. The van der Waals surface area contributed by atoms with Crippen LogP contribution in [0.2, 0.25) is 5.02 Å². The SMILES string of the molecule is CCCCNC1COC(c2ccc(Cl)cc2)=N1. The Balaban J connectivity index is 1.94. The topological polar surface area (TPSA) is 33.6 Å². The van der Waals surface area contributed by atoms with Crippen molar-refractivity contribution in [3.63, 3.8) is 0 Å². The van der Waals surface area contributed by atoms with Crippen LogP contribution in [-0.4, -0.2) is 25.2 Å². The summed E-state index contributed by atoms with van der Waals surface area (Å²) >= 11 is 5.84. The van der Waals surface area contributed by atoms with Gasteiger partial charge in [-0.05, 0) is 37.2 Å². The van der Waals surface area contributed by atoms with Crippen LogP contribution in [0.15, 0.2) is 29.3 Å². The molecule has 0 fully saturated rings. The van der Waals surface area contributed by atoms with Gasteiger partial charge in [0.1, 0.15) is 12.8 Å². The summed E-state index contributed by atoms with van der Waals surface area (Å²) in [7, 11) is 0. The molecular weight excluding hydrogens is 236 g/mol. The quantitative estimate of drug-likeness (QED) is 0.818. The van der Waals surface area contributed by atoms with Gasteiger partial charge in [0, 0.05) is 10.6 Å². The van der Waals surface area contributed by atoms with E-state index in [1.807, 2.05) is 24.3 Å². The molecule has 3 nitrogen and oxygen atoms in total. The number of rotatable bonds is 5. The second-order valence-electron chi connectivity index (χ2n) is 4.08. The molecule has 0 radical (unpaired) electrons. The molecule has 4 heteroatoms. The third kappa shape index (κ3) is 3.45. The lowest BCUT2D eigenvalue weighted by atomic mass is 10.2. The number of unbranched alkanes of at least 4 members (excludes halogenated alkanes) is 1. The zero-order valence-electron chi connectivity index (χ0n) is 9.95. The Labute approximate surface area is 107 Å². The molecule has 1 aromatic rings. The summed E-state index contributed by atoms with van der Waals surface area (Å²) in [5.41, 5.74) is 0.981. The molecule has 1 aliphatic rings. The summed E-state index contributed by atoms with van der Waals surface area (Å²) in [6.45, 7) is 3.78. The Kier molecular flexibility index (Phi) is 4.40. The zero-order valence-corrected chi connectivity index (χ0v) is 10.7. The number of nitrogens with one attached hydrogen (secondary N) is 1. The van der Waals surface area contributed by atoms with Gasteiger partial charge in [0.15, 0.2) is 0 Å². The van der Waals surface area contributed by atoms with Crippen LogP contribution in [0, 0.1) is 0 Å². The van der Waals surface area contributed by atoms with E-state index < -0.39 is 0 Å². The molecule has 0 amide bonds. The van der Waals surface area contributed by atoms with Crippen molar-refractivity contribution in [2.45, 2.75) is 25.9 Å². The van der Waals surface area contributed by atoms with Gasteiger partial charge in [-0.25, -0.2) is 4.99 Å². The maximum absolute atomic E-state index is 5.84. The number of benzene rings is 1. The molecule has 17 heavy (non-hydrogen) atoms. The Bertz CT molecular complexity index is 389. The molecule has 0 bridgehead atoms. The van der Waals surface area contributed by atoms with Crippen molar-refractivity contribution >= 4 is 17.5 Å². The smallest absolute Gasteiger partial charge is 0.217 e. The first-order valence-corrected chi connectivity index (χ1v) is 6.37. The van der Waals surface area contributed by atoms with Crippen LogP contribution in [0.5, 0.6) is 0 Å². The van der Waals surface area contributed by atoms with Crippen molar-refractivity contribution in [2.75, 3.05) is 13.2 Å². The highest BCUT2D eigenvalue weighted by Crippen LogP contribution is 2.14. The van der Waals surface area contributed by atoms with Gasteiger partial charge in [0.2, 0.25) is 5.90 Å². The molecule has 1 heterocycles. The number of nitrogens with zero attached hydrogens (tertiary/aromatic N) is 1. The van der Waals surface area contributed by atoms with E-state index in [1.54, 1.807) is 0 Å². The van der Waals surface area contributed by atoms with E-state index in [9.17, 15) is 0 Å². The largest absolute Gasteiger partial charge is 0.474 e. The molecule has 1 aromatic carbocycles. The third-order valence-electron chi connectivity index (χ3n) is 2.65. The normalized spacial score (nSPS) is 18.9. The summed E-state index contributed by atoms with van der Waals surface area (Å²) in [5.74, 6) is 0.704. The molecule has 0 saturated carbocycles. The predicted molar refractivity (Wildman–Crippen MR) is 70.6 cm³/mol. The average Bonchev–Trinajstić information content (AvgIpc) is 2.79. The van der Waals surface area contributed by atoms with E-state index in [0.717, 1.165) is 17.1 Å². The van der Waals surface area contributed by atoms with Crippen molar-refractivity contribution < 1.29 is 4.74 Å². The highest BCUT2D eigenvalue weighted by atomic mass is 35.5. The maximum Gasteiger partial charge on any atom is 0.217 e. The Morgan fingerprint density at radius 3 is 2.88 bits per heavy atom. The summed E-state index contributed by atoms with van der Waals surface area (Å²) in [4.78, 5) is 4.50. The molecule has 1 aliphatic heterocycles. The first-order chi connectivity index (χ1) is 8.29. The standard InChI is InChI=1S/C13H17ClN2O/c1-2-3-8-15-12-9-17-13(16-12)10-4-6-11(14)7-5-10/h4-7,12,15H,2-3,8-9H2,1H3. The van der Waals surface area contributed by atoms with Crippen molar-refractivity contribution in [1.82, 2.24) is 5.32 Å². The summed E-state index contributed by atoms with van der Waals surface area (Å²) in [5, 5.41) is 4.08. The van der Waals surface area contributed by atoms with Crippen LogP contribution in [-0.2, 0) is 4.74 Å². The van der Waals surface area contributed by atoms with Crippen LogP contribution >= 0.6 is 11.6 Å². The molecule has 1 atom stereocenters. The number of ether oxygens (including phenoxy) is 1. The van der Waals surface area contributed by atoms with Crippen LogP contribution in [0.1, 0.15) is 25.3 Å². The van der Waals surface area contributed by atoms with Gasteiger partial charge < -0.3 is 4.74 Å². The van der Waals surface area contributed by atoms with Crippen molar-refractivity contribution in [3.8, 4) is 0 Å². The molecular formula is C13H17ClN2O. The maximum atomic E-state index is 5.84. The molecule has 0 spiro atoms. The highest BCUT2D eigenvalue weighted by Gasteiger charge is 2.18. The van der Waals surface area contributed by atoms with E-state index in [1.165, 1.54) is 12.8 Å². The molecule has 2 rings (SSSR count). The second kappa shape index (κ2) is 6.03. The Hall–Kier alpha value is -1.06. The minimum Gasteiger partial charge on any atom is -0.474 e. The van der Waals surface area contributed by atoms with Gasteiger partial charge in [-0.2, -0.15) is 0 Å². The summed E-state index contributed by atoms with van der Waals surface area (Å²) in [6, 6.07) is 7.55. The fraction of sp³-hybridized carbons (Fsp3) is 0.462. The van der Waals surface area contributed by atoms with Crippen molar-refractivity contribution in [3.05, 3.63) is 34.9 Å². The molecule has 92 valence electrons. The van der Waals surface area contributed by atoms with Gasteiger partial charge in [-0.1, -0.05) is 24.9 Å². The van der Waals surface area contributed by atoms with E-state index in [4.69, 9.17) is 16.3 Å². The van der Waals surface area contributed by atoms with E-state index in [0.29, 0.717) is 12.5 Å². The minimum absolute atomic E-state index is 0.0900. The van der Waals surface area contributed by atoms with E-state index in [2.05, 4.69) is 17.2 Å².